The highest BCUT2D eigenvalue weighted by molar-refractivity contribution is 5.75. The van der Waals surface area contributed by atoms with Crippen LogP contribution in [0.15, 0.2) is 73.3 Å². The van der Waals surface area contributed by atoms with Crippen LogP contribution in [0.2, 0.25) is 0 Å². The third-order valence-corrected chi connectivity index (χ3v) is 5.77. The Bertz CT molecular complexity index is 936. The third-order valence-electron chi connectivity index (χ3n) is 5.77. The maximum Gasteiger partial charge on any atom is 0.337 e. The highest BCUT2D eigenvalue weighted by Gasteiger charge is 2.60. The van der Waals surface area contributed by atoms with E-state index in [1.807, 2.05) is 66.7 Å². The standard InChI is InChI=1S/C26H30O8/c1-3-4-11-16-31-26(19-14-9-6-10-15-19)33-23-21(30-17-18-12-7-5-8-13-18)20(27)22(24(28)29-2)32-25(23)34-26/h3,5-10,12-15,20-23,25,27H,1,4,11,16-17H2,2H3/t20-,21-,22+,23+,25+,26?/m0/s1. The van der Waals surface area contributed by atoms with Crippen LogP contribution in [-0.4, -0.2) is 55.5 Å². The van der Waals surface area contributed by atoms with Crippen molar-refractivity contribution in [2.75, 3.05) is 13.7 Å². The van der Waals surface area contributed by atoms with E-state index < -0.39 is 42.6 Å². The first-order valence-electron chi connectivity index (χ1n) is 11.3. The summed E-state index contributed by atoms with van der Waals surface area (Å²) in [5.74, 6) is -2.32. The smallest absolute Gasteiger partial charge is 0.337 e. The van der Waals surface area contributed by atoms with Crippen LogP contribution in [0.3, 0.4) is 0 Å². The summed E-state index contributed by atoms with van der Waals surface area (Å²) in [7, 11) is 1.23. The Hall–Kier alpha value is -2.59. The topological polar surface area (TPSA) is 92.7 Å². The van der Waals surface area contributed by atoms with Gasteiger partial charge in [0.2, 0.25) is 0 Å². The number of fused-ring (bicyclic) bond motifs is 1. The molecule has 0 spiro atoms. The molecular weight excluding hydrogens is 440 g/mol. The molecule has 0 radical (unpaired) electrons. The highest BCUT2D eigenvalue weighted by Crippen LogP contribution is 2.44. The largest absolute Gasteiger partial charge is 0.467 e. The molecule has 2 aliphatic heterocycles. The molecule has 0 bridgehead atoms. The fraction of sp³-hybridized carbons (Fsp3) is 0.423. The zero-order chi connectivity index (χ0) is 24.0. The van der Waals surface area contributed by atoms with E-state index in [1.54, 1.807) is 0 Å². The van der Waals surface area contributed by atoms with Crippen molar-refractivity contribution in [3.8, 4) is 0 Å². The van der Waals surface area contributed by atoms with E-state index in [-0.39, 0.29) is 6.61 Å². The summed E-state index contributed by atoms with van der Waals surface area (Å²) in [6, 6.07) is 18.7. The van der Waals surface area contributed by atoms with Gasteiger partial charge in [0.1, 0.15) is 18.3 Å². The second kappa shape index (κ2) is 11.2. The van der Waals surface area contributed by atoms with Crippen molar-refractivity contribution in [1.82, 2.24) is 0 Å². The van der Waals surface area contributed by atoms with E-state index in [4.69, 9.17) is 28.4 Å². The van der Waals surface area contributed by atoms with Crippen molar-refractivity contribution in [3.63, 3.8) is 0 Å². The maximum absolute atomic E-state index is 12.4. The molecule has 2 heterocycles. The summed E-state index contributed by atoms with van der Waals surface area (Å²) >= 11 is 0. The van der Waals surface area contributed by atoms with Gasteiger partial charge in [-0.3, -0.25) is 4.74 Å². The van der Waals surface area contributed by atoms with Gasteiger partial charge in [-0.25, -0.2) is 4.79 Å². The number of aliphatic hydroxyl groups is 1. The Balaban J connectivity index is 1.61. The Morgan fingerprint density at radius 2 is 1.82 bits per heavy atom. The number of hydrogen-bond donors (Lipinski definition) is 1. The van der Waals surface area contributed by atoms with Crippen LogP contribution < -0.4 is 0 Å². The molecule has 2 aromatic carbocycles. The monoisotopic (exact) mass is 470 g/mol. The average molecular weight is 471 g/mol. The second-order valence-electron chi connectivity index (χ2n) is 8.10. The number of benzene rings is 2. The molecule has 2 fully saturated rings. The van der Waals surface area contributed by atoms with Crippen LogP contribution in [0, 0.1) is 0 Å². The number of rotatable bonds is 10. The van der Waals surface area contributed by atoms with Crippen molar-refractivity contribution >= 4 is 5.97 Å². The van der Waals surface area contributed by atoms with E-state index in [9.17, 15) is 9.90 Å². The molecule has 2 aliphatic rings. The maximum atomic E-state index is 12.4. The predicted molar refractivity (Wildman–Crippen MR) is 121 cm³/mol. The van der Waals surface area contributed by atoms with Crippen LogP contribution in [-0.2, 0) is 45.8 Å². The van der Waals surface area contributed by atoms with Crippen molar-refractivity contribution < 1.29 is 38.3 Å². The number of hydrogen-bond acceptors (Lipinski definition) is 8. The first kappa shape index (κ1) is 24.5. The number of allylic oxidation sites excluding steroid dienone is 1. The fourth-order valence-corrected chi connectivity index (χ4v) is 4.04. The summed E-state index contributed by atoms with van der Waals surface area (Å²) in [5.41, 5.74) is 1.53. The van der Waals surface area contributed by atoms with Gasteiger partial charge in [0.15, 0.2) is 12.4 Å². The Kier molecular flexibility index (Phi) is 8.10. The minimum atomic E-state index is -1.59. The number of aliphatic hydroxyl groups excluding tert-OH is 1. The first-order valence-corrected chi connectivity index (χ1v) is 11.3. The predicted octanol–water partition coefficient (Wildman–Crippen LogP) is 3.04. The number of ether oxygens (including phenoxy) is 6. The molecule has 0 amide bonds. The fourth-order valence-electron chi connectivity index (χ4n) is 4.04. The SMILES string of the molecule is C=CCCCOC1(c2ccccc2)O[C@H]2O[C@@H](C(=O)OC)[C@@H](O)[C@H](OCc3ccccc3)[C@H]2O1. The first-order chi connectivity index (χ1) is 16.6. The van der Waals surface area contributed by atoms with Crippen LogP contribution in [0.25, 0.3) is 0 Å². The van der Waals surface area contributed by atoms with E-state index in [0.717, 1.165) is 12.0 Å². The van der Waals surface area contributed by atoms with Gasteiger partial charge < -0.3 is 28.8 Å². The van der Waals surface area contributed by atoms with Crippen molar-refractivity contribution in [1.29, 1.82) is 0 Å². The molecule has 4 rings (SSSR count). The van der Waals surface area contributed by atoms with E-state index in [0.29, 0.717) is 18.6 Å². The van der Waals surface area contributed by atoms with Gasteiger partial charge in [0.25, 0.3) is 0 Å². The molecule has 34 heavy (non-hydrogen) atoms. The lowest BCUT2D eigenvalue weighted by atomic mass is 9.98. The minimum Gasteiger partial charge on any atom is -0.467 e. The zero-order valence-electron chi connectivity index (χ0n) is 19.1. The molecule has 2 aromatic rings. The molecule has 2 saturated heterocycles. The van der Waals surface area contributed by atoms with Crippen LogP contribution >= 0.6 is 0 Å². The van der Waals surface area contributed by atoms with Crippen LogP contribution in [0.5, 0.6) is 0 Å². The van der Waals surface area contributed by atoms with E-state index in [1.165, 1.54) is 7.11 Å². The number of unbranched alkanes of at least 4 members (excludes halogenated alkanes) is 1. The Morgan fingerprint density at radius 1 is 1.12 bits per heavy atom. The number of esters is 1. The molecule has 1 N–H and O–H groups in total. The number of methoxy groups -OCH3 is 1. The van der Waals surface area contributed by atoms with Gasteiger partial charge in [0, 0.05) is 5.56 Å². The summed E-state index contributed by atoms with van der Waals surface area (Å²) in [4.78, 5) is 12.4. The Morgan fingerprint density at radius 3 is 2.50 bits per heavy atom. The second-order valence-corrected chi connectivity index (χ2v) is 8.10. The van der Waals surface area contributed by atoms with Crippen molar-refractivity contribution in [3.05, 3.63) is 84.4 Å². The molecule has 8 nitrogen and oxygen atoms in total. The summed E-state index contributed by atoms with van der Waals surface area (Å²) < 4.78 is 35.3. The van der Waals surface area contributed by atoms with Gasteiger partial charge in [-0.2, -0.15) is 0 Å². The molecule has 1 unspecified atom stereocenters. The van der Waals surface area contributed by atoms with Crippen LogP contribution in [0.1, 0.15) is 24.0 Å². The summed E-state index contributed by atoms with van der Waals surface area (Å²) in [6.45, 7) is 4.26. The highest BCUT2D eigenvalue weighted by atomic mass is 16.9. The molecule has 0 saturated carbocycles. The van der Waals surface area contributed by atoms with Gasteiger partial charge in [0.05, 0.1) is 20.3 Å². The number of carbonyl (C=O) groups excluding carboxylic acids is 1. The lowest BCUT2D eigenvalue weighted by Crippen LogP contribution is -2.59. The van der Waals surface area contributed by atoms with Crippen molar-refractivity contribution in [2.24, 2.45) is 0 Å². The summed E-state index contributed by atoms with van der Waals surface area (Å²) in [5, 5.41) is 11.0. The van der Waals surface area contributed by atoms with Gasteiger partial charge in [-0.1, -0.05) is 66.7 Å². The molecule has 182 valence electrons. The van der Waals surface area contributed by atoms with E-state index >= 15 is 0 Å². The number of carbonyl (C=O) groups is 1. The van der Waals surface area contributed by atoms with Gasteiger partial charge in [-0.15, -0.1) is 6.58 Å². The zero-order valence-corrected chi connectivity index (χ0v) is 19.1. The minimum absolute atomic E-state index is 0.196. The normalized spacial score (nSPS) is 30.5. The molecule has 0 aliphatic carbocycles. The lowest BCUT2D eigenvalue weighted by molar-refractivity contribution is -0.366. The quantitative estimate of drug-likeness (QED) is 0.322. The van der Waals surface area contributed by atoms with Gasteiger partial charge in [-0.05, 0) is 18.4 Å². The lowest BCUT2D eigenvalue weighted by Gasteiger charge is -2.38. The summed E-state index contributed by atoms with van der Waals surface area (Å²) in [6.07, 6.45) is -2.20. The Labute approximate surface area is 199 Å². The molecule has 0 aromatic heterocycles. The third kappa shape index (κ3) is 5.22. The average Bonchev–Trinajstić information content (AvgIpc) is 3.26. The molecule has 6 atom stereocenters. The van der Waals surface area contributed by atoms with Crippen molar-refractivity contribution in [2.45, 2.75) is 56.1 Å². The molecule has 8 heteroatoms. The molecular formula is C26H30O8. The van der Waals surface area contributed by atoms with Gasteiger partial charge >= 0.3 is 11.9 Å². The van der Waals surface area contributed by atoms with Crippen LogP contribution in [0.4, 0.5) is 0 Å². The van der Waals surface area contributed by atoms with E-state index in [2.05, 4.69) is 6.58 Å².